The lowest BCUT2D eigenvalue weighted by Crippen LogP contribution is -2.08. The van der Waals surface area contributed by atoms with Gasteiger partial charge in [-0.05, 0) is 0 Å². The molecule has 1 aromatic carbocycles. The minimum atomic E-state index is 0.406. The van der Waals surface area contributed by atoms with E-state index < -0.39 is 0 Å². The van der Waals surface area contributed by atoms with Gasteiger partial charge >= 0.3 is 0 Å². The number of hydrogen-bond acceptors (Lipinski definition) is 6. The summed E-state index contributed by atoms with van der Waals surface area (Å²) in [6, 6.07) is 3.66. The molecule has 21 heavy (non-hydrogen) atoms. The number of aromatic nitrogens is 5. The molecule has 0 radical (unpaired) electrons. The smallest absolute Gasteiger partial charge is 0.201 e. The predicted molar refractivity (Wildman–Crippen MR) is 77.4 cm³/mol. The summed E-state index contributed by atoms with van der Waals surface area (Å²) in [5.41, 5.74) is 7.61. The fourth-order valence-electron chi connectivity index (χ4n) is 2.23. The third-order valence-electron chi connectivity index (χ3n) is 3.39. The van der Waals surface area contributed by atoms with Crippen molar-refractivity contribution in [1.82, 2.24) is 24.3 Å². The van der Waals surface area contributed by atoms with Crippen molar-refractivity contribution in [1.29, 1.82) is 0 Å². The van der Waals surface area contributed by atoms with Crippen LogP contribution in [0.1, 0.15) is 5.82 Å². The molecule has 0 unspecified atom stereocenters. The van der Waals surface area contributed by atoms with E-state index in [1.54, 1.807) is 26.6 Å². The van der Waals surface area contributed by atoms with E-state index in [2.05, 4.69) is 15.2 Å². The van der Waals surface area contributed by atoms with Gasteiger partial charge in [-0.25, -0.2) is 4.98 Å². The standard InChI is InChI=1S/C13H16N6O2/c1-18-7-15-17-12(18)6-19-9-5-11(21-3)10(20-2)4-8(9)16-13(19)14/h4-5,7H,6H2,1-3H3,(H2,14,16). The van der Waals surface area contributed by atoms with Crippen LogP contribution < -0.4 is 15.2 Å². The molecule has 0 bridgehead atoms. The van der Waals surface area contributed by atoms with Gasteiger partial charge in [0.1, 0.15) is 6.33 Å². The molecule has 0 aliphatic rings. The fraction of sp³-hybridized carbons (Fsp3) is 0.308. The molecule has 3 aromatic rings. The monoisotopic (exact) mass is 288 g/mol. The Morgan fingerprint density at radius 3 is 2.52 bits per heavy atom. The summed E-state index contributed by atoms with van der Waals surface area (Å²) in [5, 5.41) is 7.93. The highest BCUT2D eigenvalue weighted by Gasteiger charge is 2.15. The molecule has 0 saturated heterocycles. The predicted octanol–water partition coefficient (Wildman–Crippen LogP) is 0.812. The van der Waals surface area contributed by atoms with Crippen LogP contribution in [0.2, 0.25) is 0 Å². The first-order valence-corrected chi connectivity index (χ1v) is 6.34. The Labute approximate surface area is 121 Å². The molecule has 2 aromatic heterocycles. The van der Waals surface area contributed by atoms with Crippen LogP contribution in [0.25, 0.3) is 11.0 Å². The second kappa shape index (κ2) is 4.97. The van der Waals surface area contributed by atoms with Gasteiger partial charge in [0.15, 0.2) is 17.3 Å². The van der Waals surface area contributed by atoms with E-state index in [0.717, 1.165) is 16.9 Å². The summed E-state index contributed by atoms with van der Waals surface area (Å²) in [6.07, 6.45) is 1.65. The van der Waals surface area contributed by atoms with E-state index in [1.165, 1.54) is 0 Å². The first kappa shape index (κ1) is 13.2. The summed E-state index contributed by atoms with van der Waals surface area (Å²) in [4.78, 5) is 4.36. The van der Waals surface area contributed by atoms with Crippen LogP contribution in [0.5, 0.6) is 11.5 Å². The molecular weight excluding hydrogens is 272 g/mol. The molecule has 0 aliphatic carbocycles. The quantitative estimate of drug-likeness (QED) is 0.763. The third-order valence-corrected chi connectivity index (χ3v) is 3.39. The summed E-state index contributed by atoms with van der Waals surface area (Å²) in [5.74, 6) is 2.44. The Morgan fingerprint density at radius 2 is 1.90 bits per heavy atom. The van der Waals surface area contributed by atoms with E-state index in [0.29, 0.717) is 24.0 Å². The number of aryl methyl sites for hydroxylation is 1. The maximum Gasteiger partial charge on any atom is 0.201 e. The zero-order valence-corrected chi connectivity index (χ0v) is 12.1. The normalized spacial score (nSPS) is 11.0. The molecule has 0 saturated carbocycles. The first-order chi connectivity index (χ1) is 10.1. The molecule has 0 spiro atoms. The number of anilines is 1. The van der Waals surface area contributed by atoms with Gasteiger partial charge in [0.25, 0.3) is 0 Å². The second-order valence-corrected chi connectivity index (χ2v) is 4.61. The number of fused-ring (bicyclic) bond motifs is 1. The highest BCUT2D eigenvalue weighted by Crippen LogP contribution is 2.33. The minimum absolute atomic E-state index is 0.406. The van der Waals surface area contributed by atoms with Crippen molar-refractivity contribution in [3.8, 4) is 11.5 Å². The number of rotatable bonds is 4. The number of imidazole rings is 1. The molecule has 2 N–H and O–H groups in total. The zero-order chi connectivity index (χ0) is 15.0. The topological polar surface area (TPSA) is 93.0 Å². The van der Waals surface area contributed by atoms with Crippen LogP contribution in [0.4, 0.5) is 5.95 Å². The van der Waals surface area contributed by atoms with Gasteiger partial charge in [0, 0.05) is 19.2 Å². The second-order valence-electron chi connectivity index (χ2n) is 4.61. The summed E-state index contributed by atoms with van der Waals surface area (Å²) in [6.45, 7) is 0.480. The van der Waals surface area contributed by atoms with Gasteiger partial charge in [0.2, 0.25) is 5.95 Å². The van der Waals surface area contributed by atoms with Gasteiger partial charge in [0.05, 0.1) is 31.8 Å². The number of ether oxygens (including phenoxy) is 2. The van der Waals surface area contributed by atoms with E-state index in [-0.39, 0.29) is 0 Å². The molecule has 0 aliphatic heterocycles. The lowest BCUT2D eigenvalue weighted by molar-refractivity contribution is 0.355. The number of nitrogens with zero attached hydrogens (tertiary/aromatic N) is 5. The van der Waals surface area contributed by atoms with Gasteiger partial charge < -0.3 is 24.3 Å². The maximum absolute atomic E-state index is 6.02. The molecule has 0 atom stereocenters. The van der Waals surface area contributed by atoms with Crippen LogP contribution in [0, 0.1) is 0 Å². The molecule has 2 heterocycles. The Balaban J connectivity index is 2.14. The number of benzene rings is 1. The molecule has 8 nitrogen and oxygen atoms in total. The van der Waals surface area contributed by atoms with Crippen LogP contribution >= 0.6 is 0 Å². The largest absolute Gasteiger partial charge is 0.493 e. The number of nitrogens with two attached hydrogens (primary N) is 1. The average Bonchev–Trinajstić information content (AvgIpc) is 3.02. The van der Waals surface area contributed by atoms with E-state index in [1.807, 2.05) is 22.2 Å². The maximum atomic E-state index is 6.02. The summed E-state index contributed by atoms with van der Waals surface area (Å²) in [7, 11) is 5.06. The van der Waals surface area contributed by atoms with Crippen molar-refractivity contribution in [2.45, 2.75) is 6.54 Å². The molecule has 0 fully saturated rings. The number of hydrogen-bond donors (Lipinski definition) is 1. The molecule has 110 valence electrons. The molecule has 8 heteroatoms. The number of methoxy groups -OCH3 is 2. The Bertz CT molecular complexity index is 791. The van der Waals surface area contributed by atoms with Crippen molar-refractivity contribution in [3.63, 3.8) is 0 Å². The van der Waals surface area contributed by atoms with Crippen molar-refractivity contribution < 1.29 is 9.47 Å². The molecule has 3 rings (SSSR count). The van der Waals surface area contributed by atoms with Crippen molar-refractivity contribution in [2.75, 3.05) is 20.0 Å². The third kappa shape index (κ3) is 2.14. The lowest BCUT2D eigenvalue weighted by atomic mass is 10.2. The fourth-order valence-corrected chi connectivity index (χ4v) is 2.23. The van der Waals surface area contributed by atoms with E-state index in [9.17, 15) is 0 Å². The lowest BCUT2D eigenvalue weighted by Gasteiger charge is -2.09. The first-order valence-electron chi connectivity index (χ1n) is 6.34. The highest BCUT2D eigenvalue weighted by molar-refractivity contribution is 5.82. The molecule has 0 amide bonds. The van der Waals surface area contributed by atoms with Crippen molar-refractivity contribution in [2.24, 2.45) is 7.05 Å². The number of nitrogen functional groups attached to an aromatic ring is 1. The van der Waals surface area contributed by atoms with Crippen LogP contribution in [0.3, 0.4) is 0 Å². The van der Waals surface area contributed by atoms with Gasteiger partial charge in [-0.2, -0.15) is 0 Å². The Kier molecular flexibility index (Phi) is 3.13. The van der Waals surface area contributed by atoms with Crippen LogP contribution in [-0.4, -0.2) is 38.5 Å². The van der Waals surface area contributed by atoms with E-state index in [4.69, 9.17) is 15.2 Å². The van der Waals surface area contributed by atoms with Gasteiger partial charge in [-0.15, -0.1) is 10.2 Å². The summed E-state index contributed by atoms with van der Waals surface area (Å²) < 4.78 is 14.3. The average molecular weight is 288 g/mol. The SMILES string of the molecule is COc1cc2nc(N)n(Cc3nncn3C)c2cc1OC. The zero-order valence-electron chi connectivity index (χ0n) is 12.1. The highest BCUT2D eigenvalue weighted by atomic mass is 16.5. The van der Waals surface area contributed by atoms with Gasteiger partial charge in [-0.3, -0.25) is 0 Å². The Morgan fingerprint density at radius 1 is 1.19 bits per heavy atom. The van der Waals surface area contributed by atoms with Crippen molar-refractivity contribution >= 4 is 17.0 Å². The van der Waals surface area contributed by atoms with Crippen LogP contribution in [-0.2, 0) is 13.6 Å². The molecular formula is C13H16N6O2. The van der Waals surface area contributed by atoms with E-state index >= 15 is 0 Å². The van der Waals surface area contributed by atoms with Crippen LogP contribution in [0.15, 0.2) is 18.5 Å². The summed E-state index contributed by atoms with van der Waals surface area (Å²) >= 11 is 0. The van der Waals surface area contributed by atoms with Crippen molar-refractivity contribution in [3.05, 3.63) is 24.3 Å². The Hall–Kier alpha value is -2.77. The minimum Gasteiger partial charge on any atom is -0.493 e. The van der Waals surface area contributed by atoms with Gasteiger partial charge in [-0.1, -0.05) is 0 Å².